The van der Waals surface area contributed by atoms with Gasteiger partial charge in [0.2, 0.25) is 0 Å². The fourth-order valence-electron chi connectivity index (χ4n) is 10.8. The Balaban J connectivity index is 1.39. The van der Waals surface area contributed by atoms with Crippen LogP contribution in [0.4, 0.5) is 0 Å². The summed E-state index contributed by atoms with van der Waals surface area (Å²) in [5.41, 5.74) is 3.16. The van der Waals surface area contributed by atoms with Crippen molar-refractivity contribution in [1.29, 1.82) is 0 Å². The molecular formula is C49H80O7. The molecule has 0 aromatic heterocycles. The molecule has 2 N–H and O–H groups in total. The Morgan fingerprint density at radius 3 is 1.73 bits per heavy atom. The average molecular weight is 781 g/mol. The highest BCUT2D eigenvalue weighted by Gasteiger charge is 2.42. The Morgan fingerprint density at radius 2 is 1.23 bits per heavy atom. The normalized spacial score (nSPS) is 28.4. The molecule has 0 radical (unpaired) electrons. The zero-order valence-electron chi connectivity index (χ0n) is 36.1. The van der Waals surface area contributed by atoms with Gasteiger partial charge in [-0.15, -0.1) is 0 Å². The molecule has 0 bridgehead atoms. The molecule has 0 spiro atoms. The third-order valence-electron chi connectivity index (χ3n) is 14.3. The number of unbranched alkanes of at least 4 members (excludes halogenated alkanes) is 2. The quantitative estimate of drug-likeness (QED) is 0.0604. The third kappa shape index (κ3) is 14.2. The summed E-state index contributed by atoms with van der Waals surface area (Å²) in [4.78, 5) is 24.3. The van der Waals surface area contributed by atoms with Crippen LogP contribution < -0.4 is 0 Å². The molecule has 4 aliphatic carbocycles. The van der Waals surface area contributed by atoms with Gasteiger partial charge in [-0.05, 0) is 169 Å². The van der Waals surface area contributed by atoms with Crippen LogP contribution in [0, 0.1) is 46.8 Å². The number of ether oxygens (including phenoxy) is 3. The summed E-state index contributed by atoms with van der Waals surface area (Å²) in [6.45, 7) is 16.4. The number of carbonyl (C=O) groups excluding carboxylic acids is 2. The maximum absolute atomic E-state index is 12.1. The van der Waals surface area contributed by atoms with E-state index in [1.165, 1.54) is 108 Å². The topological polar surface area (TPSA) is 102 Å². The molecule has 0 aliphatic heterocycles. The first kappa shape index (κ1) is 46.3. The molecule has 1 unspecified atom stereocenters. The molecule has 1 atom stereocenters. The monoisotopic (exact) mass is 781 g/mol. The van der Waals surface area contributed by atoms with Crippen LogP contribution in [0.25, 0.3) is 0 Å². The van der Waals surface area contributed by atoms with Crippen molar-refractivity contribution in [3.8, 4) is 0 Å². The van der Waals surface area contributed by atoms with Crippen molar-refractivity contribution >= 4 is 11.9 Å². The van der Waals surface area contributed by atoms with E-state index in [4.69, 9.17) is 14.2 Å². The molecule has 0 aromatic rings. The first-order valence-corrected chi connectivity index (χ1v) is 22.9. The highest BCUT2D eigenvalue weighted by atomic mass is 16.5. The van der Waals surface area contributed by atoms with E-state index < -0.39 is 0 Å². The molecule has 3 saturated carbocycles. The molecule has 3 fully saturated rings. The van der Waals surface area contributed by atoms with Gasteiger partial charge in [0.15, 0.2) is 0 Å². The Kier molecular flexibility index (Phi) is 19.8. The largest absolute Gasteiger partial charge is 0.493 e. The zero-order valence-corrected chi connectivity index (χ0v) is 36.1. The number of aliphatic hydroxyl groups is 2. The summed E-state index contributed by atoms with van der Waals surface area (Å²) < 4.78 is 17.6. The standard InChI is InChI=1S/C49H80O7/c1-7-8-9-12-37-15-17-39(18-16-37)40-19-21-41(22-20-40)42-23-25-45(26-24-42)49(6)31-43(13-10-28-55-47(52)35(2)3)46(54-30-27-38(33-50)34-51)44(32-49)14-11-29-56-48(53)36(4)5/h31,37-42,45,50-51H,2,4,7-30,32-34H2,1,3,5-6H3. The Morgan fingerprint density at radius 1 is 0.732 bits per heavy atom. The van der Waals surface area contributed by atoms with E-state index in [1.807, 2.05) is 0 Å². The van der Waals surface area contributed by atoms with Crippen molar-refractivity contribution in [3.05, 3.63) is 47.3 Å². The second-order valence-corrected chi connectivity index (χ2v) is 18.8. The van der Waals surface area contributed by atoms with Gasteiger partial charge in [-0.2, -0.15) is 0 Å². The van der Waals surface area contributed by atoms with E-state index in [-0.39, 0.29) is 36.5 Å². The second-order valence-electron chi connectivity index (χ2n) is 18.8. The minimum absolute atomic E-state index is 0.0307. The van der Waals surface area contributed by atoms with Gasteiger partial charge >= 0.3 is 11.9 Å². The van der Waals surface area contributed by atoms with Crippen LogP contribution in [0.3, 0.4) is 0 Å². The summed E-state index contributed by atoms with van der Waals surface area (Å²) >= 11 is 0. The number of hydrogen-bond donors (Lipinski definition) is 2. The van der Waals surface area contributed by atoms with Crippen molar-refractivity contribution in [3.63, 3.8) is 0 Å². The fraction of sp³-hybridized carbons (Fsp3) is 0.796. The molecule has 4 aliphatic rings. The van der Waals surface area contributed by atoms with Gasteiger partial charge in [0.05, 0.1) is 19.8 Å². The van der Waals surface area contributed by atoms with E-state index in [2.05, 4.69) is 33.1 Å². The van der Waals surface area contributed by atoms with Crippen LogP contribution in [0.2, 0.25) is 0 Å². The second kappa shape index (κ2) is 23.9. The molecular weight excluding hydrogens is 701 g/mol. The van der Waals surface area contributed by atoms with Crippen LogP contribution in [0.15, 0.2) is 47.3 Å². The van der Waals surface area contributed by atoms with Crippen LogP contribution in [-0.2, 0) is 23.8 Å². The van der Waals surface area contributed by atoms with E-state index in [9.17, 15) is 19.8 Å². The summed E-state index contributed by atoms with van der Waals surface area (Å²) in [5.74, 6) is 5.21. The first-order valence-electron chi connectivity index (χ1n) is 22.9. The molecule has 0 aromatic carbocycles. The number of esters is 2. The molecule has 7 nitrogen and oxygen atoms in total. The summed E-state index contributed by atoms with van der Waals surface area (Å²) in [6.07, 6.45) is 29.3. The van der Waals surface area contributed by atoms with E-state index in [0.29, 0.717) is 62.6 Å². The number of rotatable bonds is 23. The van der Waals surface area contributed by atoms with Crippen LogP contribution in [0.1, 0.15) is 169 Å². The van der Waals surface area contributed by atoms with Gasteiger partial charge in [-0.1, -0.05) is 71.6 Å². The highest BCUT2D eigenvalue weighted by molar-refractivity contribution is 5.87. The molecule has 4 rings (SSSR count). The number of hydrogen-bond acceptors (Lipinski definition) is 7. The summed E-state index contributed by atoms with van der Waals surface area (Å²) in [5, 5.41) is 19.4. The molecule has 0 heterocycles. The van der Waals surface area contributed by atoms with Gasteiger partial charge < -0.3 is 24.4 Å². The molecule has 318 valence electrons. The molecule has 56 heavy (non-hydrogen) atoms. The van der Waals surface area contributed by atoms with Crippen molar-refractivity contribution in [2.24, 2.45) is 46.8 Å². The summed E-state index contributed by atoms with van der Waals surface area (Å²) in [7, 11) is 0. The number of carbonyl (C=O) groups is 2. The minimum Gasteiger partial charge on any atom is -0.493 e. The van der Waals surface area contributed by atoms with Crippen molar-refractivity contribution in [2.45, 2.75) is 169 Å². The van der Waals surface area contributed by atoms with Crippen LogP contribution in [-0.4, -0.2) is 55.2 Å². The maximum atomic E-state index is 12.1. The molecule has 0 saturated heterocycles. The SMILES string of the molecule is C=C(C)C(=O)OCCCC1=CC(C)(C2CCC(C3CCC(C4CCC(CCCCC)CC4)CC3)CC2)CC(CCCOC(=O)C(=C)C)=C1OCCC(CO)CO. The van der Waals surface area contributed by atoms with Gasteiger partial charge in [-0.25, -0.2) is 9.59 Å². The van der Waals surface area contributed by atoms with E-state index in [1.54, 1.807) is 13.8 Å². The van der Waals surface area contributed by atoms with Gasteiger partial charge in [0.1, 0.15) is 5.76 Å². The fourth-order valence-corrected chi connectivity index (χ4v) is 10.8. The first-order chi connectivity index (χ1) is 27.0. The highest BCUT2D eigenvalue weighted by Crippen LogP contribution is 2.53. The zero-order chi connectivity index (χ0) is 40.5. The molecule has 7 heteroatoms. The predicted molar refractivity (Wildman–Crippen MR) is 227 cm³/mol. The van der Waals surface area contributed by atoms with E-state index >= 15 is 0 Å². The molecule has 0 amide bonds. The maximum Gasteiger partial charge on any atom is 0.333 e. The van der Waals surface area contributed by atoms with Crippen LogP contribution >= 0.6 is 0 Å². The lowest BCUT2D eigenvalue weighted by molar-refractivity contribution is -0.139. The average Bonchev–Trinajstić information content (AvgIpc) is 3.20. The number of aliphatic hydroxyl groups excluding tert-OH is 2. The van der Waals surface area contributed by atoms with Gasteiger partial charge in [-0.3, -0.25) is 0 Å². The summed E-state index contributed by atoms with van der Waals surface area (Å²) in [6, 6.07) is 0. The van der Waals surface area contributed by atoms with Crippen molar-refractivity contribution < 1.29 is 34.0 Å². The van der Waals surface area contributed by atoms with Crippen molar-refractivity contribution in [2.75, 3.05) is 33.0 Å². The van der Waals surface area contributed by atoms with Crippen molar-refractivity contribution in [1.82, 2.24) is 0 Å². The third-order valence-corrected chi connectivity index (χ3v) is 14.3. The van der Waals surface area contributed by atoms with Gasteiger partial charge in [0.25, 0.3) is 0 Å². The smallest absolute Gasteiger partial charge is 0.333 e. The lowest BCUT2D eigenvalue weighted by Crippen LogP contribution is -2.35. The van der Waals surface area contributed by atoms with E-state index in [0.717, 1.165) is 53.8 Å². The lowest BCUT2D eigenvalue weighted by Gasteiger charge is -2.46. The van der Waals surface area contributed by atoms with Gasteiger partial charge in [0, 0.05) is 30.3 Å². The minimum atomic E-state index is -0.367. The number of allylic oxidation sites excluding steroid dienone is 3. The Labute approximate surface area is 341 Å². The Hall–Kier alpha value is -2.38. The lowest BCUT2D eigenvalue weighted by atomic mass is 9.60. The Bertz CT molecular complexity index is 1300. The predicted octanol–water partition coefficient (Wildman–Crippen LogP) is 11.4. The van der Waals surface area contributed by atoms with Crippen LogP contribution in [0.5, 0.6) is 0 Å².